The van der Waals surface area contributed by atoms with Crippen LogP contribution in [0.4, 0.5) is 5.69 Å². The zero-order valence-electron chi connectivity index (χ0n) is 23.4. The Hall–Kier alpha value is -3.99. The molecule has 1 aliphatic heterocycles. The van der Waals surface area contributed by atoms with Gasteiger partial charge in [0.2, 0.25) is 17.7 Å². The Balaban J connectivity index is 1.47. The van der Waals surface area contributed by atoms with Crippen molar-refractivity contribution < 1.29 is 27.6 Å². The number of nitrogens with one attached hydrogen (secondary N) is 4. The van der Waals surface area contributed by atoms with Gasteiger partial charge >= 0.3 is 0 Å². The highest BCUT2D eigenvalue weighted by atomic mass is 32.2. The molecule has 2 spiro atoms. The van der Waals surface area contributed by atoms with Crippen LogP contribution in [0.15, 0.2) is 66.1 Å². The topological polar surface area (TPSA) is 151 Å². The molecule has 11 heteroatoms. The standard InChI is InChI=1S/C31H36N4O6S/c1-2-23-20-31(23)29(39)35-42(40,41)25-15-11-10-14-24(25)32-26(36)16-6-4-3-5-7-17-27(37)33-30(28(38)34-31)18-21-12-8-9-13-22(21)19-30/h2,8-15,23H,1,3-7,16-20H2,(H,32,36)(H,33,37)(H,34,38)(H,35,39)/t23-,31-/m1/s1. The van der Waals surface area contributed by atoms with Gasteiger partial charge < -0.3 is 16.0 Å². The fourth-order valence-corrected chi connectivity index (χ4v) is 7.20. The van der Waals surface area contributed by atoms with E-state index < -0.39 is 38.8 Å². The van der Waals surface area contributed by atoms with Crippen molar-refractivity contribution >= 4 is 39.3 Å². The molecule has 0 radical (unpaired) electrons. The van der Waals surface area contributed by atoms with Crippen molar-refractivity contribution in [3.05, 3.63) is 72.3 Å². The number of carbonyl (C=O) groups excluding carboxylic acids is 4. The minimum atomic E-state index is -4.43. The van der Waals surface area contributed by atoms with E-state index in [2.05, 4.69) is 27.3 Å². The summed E-state index contributed by atoms with van der Waals surface area (Å²) in [7, 11) is -4.43. The van der Waals surface area contributed by atoms with E-state index in [1.54, 1.807) is 6.07 Å². The smallest absolute Gasteiger partial charge is 0.266 e. The lowest BCUT2D eigenvalue weighted by molar-refractivity contribution is -0.136. The third kappa shape index (κ3) is 5.97. The maximum absolute atomic E-state index is 14.1. The molecular weight excluding hydrogens is 556 g/mol. The highest BCUT2D eigenvalue weighted by Crippen LogP contribution is 2.46. The second-order valence-electron chi connectivity index (χ2n) is 11.5. The van der Waals surface area contributed by atoms with E-state index in [0.29, 0.717) is 12.8 Å². The zero-order chi connectivity index (χ0) is 30.0. The first-order valence-electron chi connectivity index (χ1n) is 14.4. The fraction of sp³-hybridized carbons (Fsp3) is 0.419. The molecule has 0 unspecified atom stereocenters. The average molecular weight is 593 g/mol. The quantitative estimate of drug-likeness (QED) is 0.374. The molecular formula is C31H36N4O6S. The number of benzene rings is 2. The minimum absolute atomic E-state index is 0.0664. The van der Waals surface area contributed by atoms with E-state index in [4.69, 9.17) is 0 Å². The van der Waals surface area contributed by atoms with Gasteiger partial charge in [0.15, 0.2) is 0 Å². The second kappa shape index (κ2) is 11.7. The molecule has 1 heterocycles. The van der Waals surface area contributed by atoms with Crippen LogP contribution >= 0.6 is 0 Å². The van der Waals surface area contributed by atoms with Crippen molar-refractivity contribution in [3.8, 4) is 0 Å². The Labute approximate surface area is 245 Å². The normalized spacial score (nSPS) is 26.1. The summed E-state index contributed by atoms with van der Waals surface area (Å²) in [5.74, 6) is -2.57. The van der Waals surface area contributed by atoms with Crippen LogP contribution in [-0.2, 0) is 42.0 Å². The van der Waals surface area contributed by atoms with Gasteiger partial charge in [0, 0.05) is 31.6 Å². The molecule has 222 valence electrons. The summed E-state index contributed by atoms with van der Waals surface area (Å²) in [5, 5.41) is 8.46. The number of sulfonamides is 1. The van der Waals surface area contributed by atoms with Crippen LogP contribution in [0, 0.1) is 5.92 Å². The molecule has 0 aromatic heterocycles. The lowest BCUT2D eigenvalue weighted by Crippen LogP contribution is -2.64. The third-order valence-corrected chi connectivity index (χ3v) is 9.83. The first-order valence-corrected chi connectivity index (χ1v) is 15.9. The van der Waals surface area contributed by atoms with Crippen LogP contribution in [0.3, 0.4) is 0 Å². The lowest BCUT2D eigenvalue weighted by Gasteiger charge is -2.31. The van der Waals surface area contributed by atoms with Crippen molar-refractivity contribution in [2.24, 2.45) is 5.92 Å². The van der Waals surface area contributed by atoms with Crippen LogP contribution in [0.25, 0.3) is 0 Å². The van der Waals surface area contributed by atoms with E-state index in [1.807, 2.05) is 24.3 Å². The second-order valence-corrected chi connectivity index (χ2v) is 13.1. The number of hydrogen-bond acceptors (Lipinski definition) is 6. The molecule has 1 fully saturated rings. The molecule has 5 rings (SSSR count). The predicted octanol–water partition coefficient (Wildman–Crippen LogP) is 2.89. The summed E-state index contributed by atoms with van der Waals surface area (Å²) >= 11 is 0. The van der Waals surface area contributed by atoms with Crippen LogP contribution < -0.4 is 20.7 Å². The Morgan fingerprint density at radius 1 is 0.762 bits per heavy atom. The molecule has 10 nitrogen and oxygen atoms in total. The summed E-state index contributed by atoms with van der Waals surface area (Å²) in [5.41, 5.74) is -0.954. The molecule has 42 heavy (non-hydrogen) atoms. The van der Waals surface area contributed by atoms with E-state index in [0.717, 1.165) is 30.4 Å². The maximum Gasteiger partial charge on any atom is 0.266 e. The van der Waals surface area contributed by atoms with Crippen LogP contribution in [0.5, 0.6) is 0 Å². The molecule has 2 atom stereocenters. The Bertz CT molecular complexity index is 1510. The molecule has 2 aromatic carbocycles. The first kappa shape index (κ1) is 29.5. The number of rotatable bonds is 1. The van der Waals surface area contributed by atoms with Gasteiger partial charge in [-0.05, 0) is 42.5 Å². The monoisotopic (exact) mass is 592 g/mol. The van der Waals surface area contributed by atoms with Crippen LogP contribution in [0.2, 0.25) is 0 Å². The summed E-state index contributed by atoms with van der Waals surface area (Å²) in [6.45, 7) is 3.76. The van der Waals surface area contributed by atoms with Gasteiger partial charge in [-0.25, -0.2) is 13.1 Å². The number of hydrogen-bond donors (Lipinski definition) is 4. The zero-order valence-corrected chi connectivity index (χ0v) is 24.2. The lowest BCUT2D eigenvalue weighted by atomic mass is 9.92. The fourth-order valence-electron chi connectivity index (χ4n) is 5.99. The Morgan fingerprint density at radius 2 is 1.36 bits per heavy atom. The van der Waals surface area contributed by atoms with Crippen LogP contribution in [-0.4, -0.2) is 43.1 Å². The van der Waals surface area contributed by atoms with Crippen molar-refractivity contribution in [1.82, 2.24) is 15.4 Å². The first-order chi connectivity index (χ1) is 20.1. The summed E-state index contributed by atoms with van der Waals surface area (Å²) in [6, 6.07) is 13.4. The molecule has 0 bridgehead atoms. The van der Waals surface area contributed by atoms with Gasteiger partial charge in [-0.15, -0.1) is 6.58 Å². The summed E-state index contributed by atoms with van der Waals surface area (Å²) < 4.78 is 29.0. The largest absolute Gasteiger partial charge is 0.341 e. The predicted molar refractivity (Wildman–Crippen MR) is 157 cm³/mol. The minimum Gasteiger partial charge on any atom is -0.341 e. The molecule has 4 N–H and O–H groups in total. The van der Waals surface area contributed by atoms with E-state index in [-0.39, 0.29) is 54.5 Å². The molecule has 2 aromatic rings. The Morgan fingerprint density at radius 3 is 2.00 bits per heavy atom. The van der Waals surface area contributed by atoms with Crippen molar-refractivity contribution in [2.75, 3.05) is 5.32 Å². The van der Waals surface area contributed by atoms with Gasteiger partial charge in [0.05, 0.1) is 5.69 Å². The third-order valence-electron chi connectivity index (χ3n) is 8.44. The Kier molecular flexibility index (Phi) is 8.23. The van der Waals surface area contributed by atoms with Crippen molar-refractivity contribution in [3.63, 3.8) is 0 Å². The molecule has 0 saturated heterocycles. The summed E-state index contributed by atoms with van der Waals surface area (Å²) in [6.07, 6.45) is 6.26. The number of anilines is 1. The highest BCUT2D eigenvalue weighted by molar-refractivity contribution is 7.90. The van der Waals surface area contributed by atoms with E-state index in [1.165, 1.54) is 24.3 Å². The van der Waals surface area contributed by atoms with Crippen molar-refractivity contribution in [1.29, 1.82) is 0 Å². The number of para-hydroxylation sites is 1. The molecule has 2 aliphatic carbocycles. The van der Waals surface area contributed by atoms with E-state index in [9.17, 15) is 27.6 Å². The van der Waals surface area contributed by atoms with Gasteiger partial charge in [0.25, 0.3) is 15.9 Å². The van der Waals surface area contributed by atoms with Gasteiger partial charge in [-0.1, -0.05) is 61.7 Å². The number of fused-ring (bicyclic) bond motifs is 2. The molecule has 1 saturated carbocycles. The van der Waals surface area contributed by atoms with Crippen molar-refractivity contribution in [2.45, 2.75) is 80.2 Å². The van der Waals surface area contributed by atoms with Gasteiger partial charge in [0.1, 0.15) is 16.0 Å². The van der Waals surface area contributed by atoms with Crippen LogP contribution in [0.1, 0.15) is 62.5 Å². The highest BCUT2D eigenvalue weighted by Gasteiger charge is 2.62. The SMILES string of the molecule is C=C[C@@H]1C[C@@]12NC(=O)C1(Cc3ccccc3C1)NC(=O)CCCCCCCC(=O)Nc1ccccc1S(=O)(=O)NC2=O. The molecule has 4 amide bonds. The van der Waals surface area contributed by atoms with Gasteiger partial charge in [-0.2, -0.15) is 0 Å². The maximum atomic E-state index is 14.1. The molecule has 3 aliphatic rings. The number of carbonyl (C=O) groups is 4. The number of amides is 4. The summed E-state index contributed by atoms with van der Waals surface area (Å²) in [4.78, 5) is 53.1. The average Bonchev–Trinajstić information content (AvgIpc) is 3.54. The van der Waals surface area contributed by atoms with Gasteiger partial charge in [-0.3, -0.25) is 19.2 Å². The van der Waals surface area contributed by atoms with E-state index >= 15 is 0 Å².